The Kier molecular flexibility index (Phi) is 8.68. The second-order valence-corrected chi connectivity index (χ2v) is 12.9. The fraction of sp³-hybridized carbons (Fsp3) is 0.143. The molecule has 1 aliphatic heterocycles. The maximum absolute atomic E-state index is 13.5. The zero-order valence-electron chi connectivity index (χ0n) is 24.5. The monoisotopic (exact) mass is 635 g/mol. The minimum absolute atomic E-state index is 0.0302. The van der Waals surface area contributed by atoms with E-state index in [0.717, 1.165) is 16.7 Å². The molecule has 1 aromatic heterocycles. The number of aromatic hydroxyl groups is 1. The predicted octanol–water partition coefficient (Wildman–Crippen LogP) is 7.36. The molecular weight excluding hydrogens is 607 g/mol. The van der Waals surface area contributed by atoms with Crippen LogP contribution in [0.15, 0.2) is 107 Å². The standard InChI is InChI=1S/C35H29N3O5S2/c1-21-6-8-23(9-7-21)20-44-35-37-36-34(45-35)38-30(25-10-14-27(39)15-11-25)29(32(41)33(38)42)31(40)26-12-16-28(17-13-26)43-19-24-5-3-4-22(2)18-24/h3-18,30,39-40H,19-20H2,1-2H3. The number of aromatic nitrogens is 2. The number of phenolic OH excluding ortho intramolecular Hbond substituents is 1. The number of hydrogen-bond acceptors (Lipinski definition) is 9. The first-order valence-electron chi connectivity index (χ1n) is 14.2. The Bertz CT molecular complexity index is 1880. The molecule has 1 aliphatic rings. The molecule has 0 bridgehead atoms. The number of nitrogens with zero attached hydrogens (tertiary/aromatic N) is 3. The molecule has 1 atom stereocenters. The van der Waals surface area contributed by atoms with Gasteiger partial charge in [-0.2, -0.15) is 0 Å². The molecule has 2 N–H and O–H groups in total. The second kappa shape index (κ2) is 13.0. The van der Waals surface area contributed by atoms with Gasteiger partial charge >= 0.3 is 5.91 Å². The van der Waals surface area contributed by atoms with Crippen LogP contribution in [0.5, 0.6) is 11.5 Å². The van der Waals surface area contributed by atoms with Gasteiger partial charge in [-0.1, -0.05) is 94.9 Å². The Morgan fingerprint density at radius 2 is 1.62 bits per heavy atom. The summed E-state index contributed by atoms with van der Waals surface area (Å²) in [5.74, 6) is -0.693. The van der Waals surface area contributed by atoms with Gasteiger partial charge in [0.25, 0.3) is 5.78 Å². The van der Waals surface area contributed by atoms with Crippen LogP contribution in [0.3, 0.4) is 0 Å². The Hall–Kier alpha value is -4.93. The number of amides is 1. The molecule has 8 nitrogen and oxygen atoms in total. The summed E-state index contributed by atoms with van der Waals surface area (Å²) >= 11 is 2.68. The number of aryl methyl sites for hydroxylation is 2. The molecule has 0 aliphatic carbocycles. The second-order valence-electron chi connectivity index (χ2n) is 10.7. The van der Waals surface area contributed by atoms with Crippen LogP contribution >= 0.6 is 23.1 Å². The molecule has 4 aromatic carbocycles. The number of thioether (sulfide) groups is 1. The molecule has 2 heterocycles. The van der Waals surface area contributed by atoms with Crippen molar-refractivity contribution in [3.8, 4) is 11.5 Å². The molecule has 1 unspecified atom stereocenters. The fourth-order valence-corrected chi connectivity index (χ4v) is 6.85. The maximum Gasteiger partial charge on any atom is 0.301 e. The van der Waals surface area contributed by atoms with E-state index in [9.17, 15) is 19.8 Å². The SMILES string of the molecule is Cc1ccc(CSc2nnc(N3C(=O)C(=O)C(=C(O)c4ccc(OCc5cccc(C)c5)cc4)C3c3ccc(O)cc3)s2)cc1. The van der Waals surface area contributed by atoms with Gasteiger partial charge in [-0.05, 0) is 66.9 Å². The molecule has 1 fully saturated rings. The summed E-state index contributed by atoms with van der Waals surface area (Å²) in [4.78, 5) is 28.3. The maximum atomic E-state index is 13.5. The number of aliphatic hydroxyl groups is 1. The van der Waals surface area contributed by atoms with Crippen molar-refractivity contribution in [2.75, 3.05) is 4.90 Å². The van der Waals surface area contributed by atoms with Crippen LogP contribution < -0.4 is 9.64 Å². The van der Waals surface area contributed by atoms with Crippen molar-refractivity contribution < 1.29 is 24.5 Å². The minimum atomic E-state index is -0.981. The smallest absolute Gasteiger partial charge is 0.301 e. The minimum Gasteiger partial charge on any atom is -0.508 e. The lowest BCUT2D eigenvalue weighted by Gasteiger charge is -2.22. The summed E-state index contributed by atoms with van der Waals surface area (Å²) in [6.45, 7) is 4.43. The van der Waals surface area contributed by atoms with Gasteiger partial charge in [0.2, 0.25) is 5.13 Å². The number of anilines is 1. The highest BCUT2D eigenvalue weighted by atomic mass is 32.2. The van der Waals surface area contributed by atoms with Crippen LogP contribution in [0.2, 0.25) is 0 Å². The van der Waals surface area contributed by atoms with Gasteiger partial charge in [0.05, 0.1) is 11.6 Å². The van der Waals surface area contributed by atoms with Crippen LogP contribution in [-0.2, 0) is 21.9 Å². The normalized spacial score (nSPS) is 15.9. The molecule has 1 saturated heterocycles. The number of hydrogen-bond donors (Lipinski definition) is 2. The number of rotatable bonds is 9. The van der Waals surface area contributed by atoms with Crippen LogP contribution in [0, 0.1) is 13.8 Å². The number of carbonyl (C=O) groups is 2. The number of phenols is 1. The van der Waals surface area contributed by atoms with E-state index in [4.69, 9.17) is 4.74 Å². The summed E-state index contributed by atoms with van der Waals surface area (Å²) in [7, 11) is 0. The van der Waals surface area contributed by atoms with Crippen molar-refractivity contribution in [2.45, 2.75) is 36.6 Å². The average Bonchev–Trinajstić information content (AvgIpc) is 3.62. The van der Waals surface area contributed by atoms with E-state index in [2.05, 4.69) is 22.3 Å². The van der Waals surface area contributed by atoms with Crippen molar-refractivity contribution in [1.29, 1.82) is 0 Å². The third kappa shape index (κ3) is 6.62. The summed E-state index contributed by atoms with van der Waals surface area (Å²) in [5, 5.41) is 30.2. The number of benzene rings is 4. The van der Waals surface area contributed by atoms with E-state index in [1.807, 2.05) is 50.2 Å². The molecular formula is C35H29N3O5S2. The molecule has 0 radical (unpaired) electrons. The number of ketones is 1. The van der Waals surface area contributed by atoms with Gasteiger partial charge in [0, 0.05) is 11.3 Å². The van der Waals surface area contributed by atoms with Crippen molar-refractivity contribution in [2.24, 2.45) is 0 Å². The van der Waals surface area contributed by atoms with E-state index >= 15 is 0 Å². The van der Waals surface area contributed by atoms with E-state index in [1.54, 1.807) is 36.4 Å². The van der Waals surface area contributed by atoms with Gasteiger partial charge in [0.15, 0.2) is 4.34 Å². The topological polar surface area (TPSA) is 113 Å². The number of carbonyl (C=O) groups excluding carboxylic acids is 2. The van der Waals surface area contributed by atoms with E-state index in [-0.39, 0.29) is 22.2 Å². The molecule has 10 heteroatoms. The summed E-state index contributed by atoms with van der Waals surface area (Å²) in [5.41, 5.74) is 5.27. The zero-order chi connectivity index (χ0) is 31.5. The lowest BCUT2D eigenvalue weighted by Crippen LogP contribution is -2.29. The van der Waals surface area contributed by atoms with Gasteiger partial charge in [-0.15, -0.1) is 10.2 Å². The largest absolute Gasteiger partial charge is 0.508 e. The molecule has 226 valence electrons. The lowest BCUT2D eigenvalue weighted by atomic mass is 9.95. The first kappa shape index (κ1) is 30.1. The van der Waals surface area contributed by atoms with Gasteiger partial charge in [0.1, 0.15) is 23.9 Å². The van der Waals surface area contributed by atoms with Crippen molar-refractivity contribution >= 4 is 45.7 Å². The van der Waals surface area contributed by atoms with Crippen LogP contribution in [-0.4, -0.2) is 32.1 Å². The van der Waals surface area contributed by atoms with Crippen molar-refractivity contribution in [3.05, 3.63) is 136 Å². The molecule has 45 heavy (non-hydrogen) atoms. The zero-order valence-corrected chi connectivity index (χ0v) is 26.1. The molecule has 0 saturated carbocycles. The first-order chi connectivity index (χ1) is 21.8. The molecule has 5 aromatic rings. The van der Waals surface area contributed by atoms with Gasteiger partial charge < -0.3 is 14.9 Å². The summed E-state index contributed by atoms with van der Waals surface area (Å²) in [6.07, 6.45) is 0. The number of ether oxygens (including phenoxy) is 1. The Morgan fingerprint density at radius 3 is 2.33 bits per heavy atom. The highest BCUT2D eigenvalue weighted by Gasteiger charge is 2.48. The average molecular weight is 636 g/mol. The fourth-order valence-electron chi connectivity index (χ4n) is 5.02. The number of aliphatic hydroxyl groups excluding tert-OH is 1. The van der Waals surface area contributed by atoms with Crippen LogP contribution in [0.25, 0.3) is 5.76 Å². The van der Waals surface area contributed by atoms with Crippen molar-refractivity contribution in [3.63, 3.8) is 0 Å². The third-order valence-corrected chi connectivity index (χ3v) is 9.48. The molecule has 1 amide bonds. The van der Waals surface area contributed by atoms with Crippen LogP contribution in [0.1, 0.15) is 39.4 Å². The van der Waals surface area contributed by atoms with Gasteiger partial charge in [-0.3, -0.25) is 14.5 Å². The summed E-state index contributed by atoms with van der Waals surface area (Å²) < 4.78 is 6.55. The quantitative estimate of drug-likeness (QED) is 0.0568. The predicted molar refractivity (Wildman–Crippen MR) is 175 cm³/mol. The van der Waals surface area contributed by atoms with Crippen molar-refractivity contribution in [1.82, 2.24) is 10.2 Å². The first-order valence-corrected chi connectivity index (χ1v) is 16.0. The van der Waals surface area contributed by atoms with Crippen LogP contribution in [0.4, 0.5) is 5.13 Å². The Balaban J connectivity index is 1.29. The third-order valence-electron chi connectivity index (χ3n) is 7.35. The Labute approximate surface area is 268 Å². The molecule has 6 rings (SSSR count). The molecule has 0 spiro atoms. The summed E-state index contributed by atoms with van der Waals surface area (Å²) in [6, 6.07) is 28.1. The van der Waals surface area contributed by atoms with E-state index in [1.165, 1.54) is 45.7 Å². The highest BCUT2D eigenvalue weighted by Crippen LogP contribution is 2.44. The highest BCUT2D eigenvalue weighted by molar-refractivity contribution is 8.00. The number of Topliss-reactive ketones (excluding diaryl/α,β-unsaturated/α-hetero) is 1. The van der Waals surface area contributed by atoms with Gasteiger partial charge in [-0.25, -0.2) is 0 Å². The Morgan fingerprint density at radius 1 is 0.889 bits per heavy atom. The van der Waals surface area contributed by atoms with E-state index in [0.29, 0.717) is 33.6 Å². The van der Waals surface area contributed by atoms with E-state index < -0.39 is 17.7 Å². The lowest BCUT2D eigenvalue weighted by molar-refractivity contribution is -0.132.